The molecule has 1 aliphatic heterocycles. The second-order valence-corrected chi connectivity index (χ2v) is 3.66. The van der Waals surface area contributed by atoms with Crippen molar-refractivity contribution in [1.82, 2.24) is 4.98 Å². The van der Waals surface area contributed by atoms with Gasteiger partial charge in [0, 0.05) is 12.2 Å². The number of rotatable bonds is 3. The standard InChI is InChI=1S/C10H11N3O4/c11-6(2-9(15)16)5-1-7-10(12-3-5)17-4-8(14)13-7/h1,3,6H,2,4,11H2,(H,13,14)(H,15,16)/t6-/m0/s1. The summed E-state index contributed by atoms with van der Waals surface area (Å²) in [5.74, 6) is -0.949. The van der Waals surface area contributed by atoms with Gasteiger partial charge >= 0.3 is 5.97 Å². The number of pyridine rings is 1. The Labute approximate surface area is 96.6 Å². The fourth-order valence-electron chi connectivity index (χ4n) is 1.50. The number of aliphatic carboxylic acids is 1. The molecule has 0 saturated carbocycles. The Balaban J connectivity index is 2.23. The molecule has 2 heterocycles. The maximum Gasteiger partial charge on any atom is 0.305 e. The van der Waals surface area contributed by atoms with E-state index in [1.165, 1.54) is 6.20 Å². The Hall–Kier alpha value is -2.15. The number of hydrogen-bond acceptors (Lipinski definition) is 5. The molecule has 90 valence electrons. The first-order chi connectivity index (χ1) is 8.06. The summed E-state index contributed by atoms with van der Waals surface area (Å²) in [6.45, 7) is -0.0689. The van der Waals surface area contributed by atoms with Crippen LogP contribution < -0.4 is 15.8 Å². The molecule has 7 heteroatoms. The third-order valence-corrected chi connectivity index (χ3v) is 2.31. The Bertz CT molecular complexity index is 475. The number of carbonyl (C=O) groups is 2. The van der Waals surface area contributed by atoms with E-state index in [9.17, 15) is 9.59 Å². The van der Waals surface area contributed by atoms with Crippen molar-refractivity contribution in [3.05, 3.63) is 17.8 Å². The van der Waals surface area contributed by atoms with Crippen LogP contribution in [0.2, 0.25) is 0 Å². The fraction of sp³-hybridized carbons (Fsp3) is 0.300. The molecule has 4 N–H and O–H groups in total. The number of amides is 1. The van der Waals surface area contributed by atoms with Crippen LogP contribution in [0.15, 0.2) is 12.3 Å². The fourth-order valence-corrected chi connectivity index (χ4v) is 1.50. The molecule has 2 rings (SSSR count). The van der Waals surface area contributed by atoms with E-state index >= 15 is 0 Å². The smallest absolute Gasteiger partial charge is 0.305 e. The molecule has 0 saturated heterocycles. The Morgan fingerprint density at radius 2 is 2.47 bits per heavy atom. The first kappa shape index (κ1) is 11.3. The molecule has 7 nitrogen and oxygen atoms in total. The number of carbonyl (C=O) groups excluding carboxylic acids is 1. The van der Waals surface area contributed by atoms with Crippen molar-refractivity contribution in [2.75, 3.05) is 11.9 Å². The highest BCUT2D eigenvalue weighted by atomic mass is 16.5. The first-order valence-corrected chi connectivity index (χ1v) is 4.96. The summed E-state index contributed by atoms with van der Waals surface area (Å²) < 4.78 is 5.07. The molecular formula is C10H11N3O4. The average Bonchev–Trinajstić information content (AvgIpc) is 2.27. The van der Waals surface area contributed by atoms with Crippen LogP contribution in [0.25, 0.3) is 0 Å². The van der Waals surface area contributed by atoms with Crippen molar-refractivity contribution in [1.29, 1.82) is 0 Å². The maximum atomic E-state index is 11.1. The lowest BCUT2D eigenvalue weighted by Gasteiger charge is -2.18. The second-order valence-electron chi connectivity index (χ2n) is 3.66. The van der Waals surface area contributed by atoms with Gasteiger partial charge in [-0.1, -0.05) is 0 Å². The number of ether oxygens (including phenoxy) is 1. The predicted octanol–water partition coefficient (Wildman–Crippen LogP) is -0.113. The number of anilines is 1. The lowest BCUT2D eigenvalue weighted by atomic mass is 10.1. The van der Waals surface area contributed by atoms with E-state index in [0.29, 0.717) is 17.1 Å². The second kappa shape index (κ2) is 4.38. The summed E-state index contributed by atoms with van der Waals surface area (Å²) in [4.78, 5) is 25.6. The van der Waals surface area contributed by atoms with E-state index < -0.39 is 12.0 Å². The normalized spacial score (nSPS) is 15.5. The van der Waals surface area contributed by atoms with Gasteiger partial charge in [-0.15, -0.1) is 0 Å². The Kier molecular flexibility index (Phi) is 2.92. The van der Waals surface area contributed by atoms with Crippen LogP contribution >= 0.6 is 0 Å². The third kappa shape index (κ3) is 2.51. The van der Waals surface area contributed by atoms with Gasteiger partial charge in [-0.25, -0.2) is 4.98 Å². The zero-order valence-electron chi connectivity index (χ0n) is 8.84. The highest BCUT2D eigenvalue weighted by molar-refractivity contribution is 5.94. The van der Waals surface area contributed by atoms with Gasteiger partial charge in [-0.2, -0.15) is 0 Å². The van der Waals surface area contributed by atoms with E-state index in [0.717, 1.165) is 0 Å². The van der Waals surface area contributed by atoms with Gasteiger partial charge < -0.3 is 20.9 Å². The summed E-state index contributed by atoms with van der Waals surface area (Å²) in [5, 5.41) is 11.2. The lowest BCUT2D eigenvalue weighted by Crippen LogP contribution is -2.26. The number of nitrogens with two attached hydrogens (primary N) is 1. The highest BCUT2D eigenvalue weighted by Gasteiger charge is 2.19. The van der Waals surface area contributed by atoms with Gasteiger partial charge in [0.25, 0.3) is 5.91 Å². The molecule has 0 unspecified atom stereocenters. The molecule has 0 fully saturated rings. The quantitative estimate of drug-likeness (QED) is 0.675. The van der Waals surface area contributed by atoms with E-state index in [4.69, 9.17) is 15.6 Å². The van der Waals surface area contributed by atoms with Gasteiger partial charge in [0.2, 0.25) is 5.88 Å². The van der Waals surface area contributed by atoms with Crippen LogP contribution in [0.4, 0.5) is 5.69 Å². The highest BCUT2D eigenvalue weighted by Crippen LogP contribution is 2.27. The van der Waals surface area contributed by atoms with E-state index in [1.54, 1.807) is 6.07 Å². The topological polar surface area (TPSA) is 115 Å². The molecule has 1 amide bonds. The molecule has 1 aliphatic rings. The number of fused-ring (bicyclic) bond motifs is 1. The van der Waals surface area contributed by atoms with Gasteiger partial charge in [-0.3, -0.25) is 9.59 Å². The van der Waals surface area contributed by atoms with Crippen LogP contribution in [0.3, 0.4) is 0 Å². The van der Waals surface area contributed by atoms with E-state index in [2.05, 4.69) is 10.3 Å². The third-order valence-electron chi connectivity index (χ3n) is 2.31. The summed E-state index contributed by atoms with van der Waals surface area (Å²) in [6, 6.07) is 0.914. The van der Waals surface area contributed by atoms with Gasteiger partial charge in [0.05, 0.1) is 6.42 Å². The van der Waals surface area contributed by atoms with Crippen molar-refractivity contribution in [2.24, 2.45) is 5.73 Å². The van der Waals surface area contributed by atoms with Gasteiger partial charge in [0.15, 0.2) is 6.61 Å². The number of carboxylic acid groups (broad SMARTS) is 1. The lowest BCUT2D eigenvalue weighted by molar-refractivity contribution is -0.137. The Morgan fingerprint density at radius 3 is 3.18 bits per heavy atom. The number of hydrogen-bond donors (Lipinski definition) is 3. The monoisotopic (exact) mass is 237 g/mol. The zero-order chi connectivity index (χ0) is 12.4. The van der Waals surface area contributed by atoms with E-state index in [-0.39, 0.29) is 18.9 Å². The average molecular weight is 237 g/mol. The first-order valence-electron chi connectivity index (χ1n) is 4.96. The number of nitrogens with one attached hydrogen (secondary N) is 1. The van der Waals surface area contributed by atoms with Crippen molar-refractivity contribution >= 4 is 17.6 Å². The predicted molar refractivity (Wildman–Crippen MR) is 57.5 cm³/mol. The molecular weight excluding hydrogens is 226 g/mol. The molecule has 17 heavy (non-hydrogen) atoms. The van der Waals surface area contributed by atoms with Crippen molar-refractivity contribution < 1.29 is 19.4 Å². The molecule has 1 atom stereocenters. The van der Waals surface area contributed by atoms with Gasteiger partial charge in [-0.05, 0) is 11.6 Å². The minimum absolute atomic E-state index is 0.0689. The summed E-state index contributed by atoms with van der Waals surface area (Å²) >= 11 is 0. The minimum atomic E-state index is -0.990. The molecule has 0 radical (unpaired) electrons. The number of nitrogens with zero attached hydrogens (tertiary/aromatic N) is 1. The van der Waals surface area contributed by atoms with E-state index in [1.807, 2.05) is 0 Å². The van der Waals surface area contributed by atoms with Crippen molar-refractivity contribution in [2.45, 2.75) is 12.5 Å². The van der Waals surface area contributed by atoms with Crippen LogP contribution in [-0.2, 0) is 9.59 Å². The van der Waals surface area contributed by atoms with Crippen LogP contribution in [0.1, 0.15) is 18.0 Å². The molecule has 0 aromatic carbocycles. The SMILES string of the molecule is N[C@@H](CC(=O)O)c1cnc2c(c1)NC(=O)CO2. The van der Waals surface area contributed by atoms with Gasteiger partial charge in [0.1, 0.15) is 5.69 Å². The molecule has 0 bridgehead atoms. The summed E-state index contributed by atoms with van der Waals surface area (Å²) in [5.41, 5.74) is 6.64. The maximum absolute atomic E-state index is 11.1. The largest absolute Gasteiger partial charge is 0.481 e. The zero-order valence-corrected chi connectivity index (χ0v) is 8.84. The van der Waals surface area contributed by atoms with Crippen molar-refractivity contribution in [3.8, 4) is 5.88 Å². The number of aromatic nitrogens is 1. The molecule has 1 aromatic rings. The van der Waals surface area contributed by atoms with Crippen LogP contribution in [-0.4, -0.2) is 28.6 Å². The minimum Gasteiger partial charge on any atom is -0.481 e. The van der Waals surface area contributed by atoms with Crippen molar-refractivity contribution in [3.63, 3.8) is 0 Å². The van der Waals surface area contributed by atoms with Crippen LogP contribution in [0, 0.1) is 0 Å². The Morgan fingerprint density at radius 1 is 1.71 bits per heavy atom. The summed E-state index contributed by atoms with van der Waals surface area (Å²) in [6.07, 6.45) is 1.25. The molecule has 0 aliphatic carbocycles. The van der Waals surface area contributed by atoms with Crippen LogP contribution in [0.5, 0.6) is 5.88 Å². The number of carboxylic acids is 1. The summed E-state index contributed by atoms with van der Waals surface area (Å²) in [7, 11) is 0. The molecule has 1 aromatic heterocycles. The molecule has 0 spiro atoms.